The SMILES string of the molecule is CCOc1ccc(/C=N\NC(=O)CN(c2ccc(OC)cc2OC)S(=O)(=O)c2ccccc2)cc1OCC. The fourth-order valence-electron chi connectivity index (χ4n) is 3.50. The maximum atomic E-state index is 13.6. The van der Waals surface area contributed by atoms with Crippen molar-refractivity contribution in [3.63, 3.8) is 0 Å². The molecule has 3 aromatic carbocycles. The molecule has 0 atom stereocenters. The van der Waals surface area contributed by atoms with E-state index in [2.05, 4.69) is 10.5 Å². The van der Waals surface area contributed by atoms with Crippen molar-refractivity contribution >= 4 is 27.8 Å². The first-order valence-corrected chi connectivity index (χ1v) is 13.3. The summed E-state index contributed by atoms with van der Waals surface area (Å²) in [4.78, 5) is 12.9. The summed E-state index contributed by atoms with van der Waals surface area (Å²) in [5, 5.41) is 4.00. The standard InChI is InChI=1S/C27H31N3O7S/c1-5-36-24-15-12-20(16-26(24)37-6-2)18-28-29-27(31)19-30(38(32,33)22-10-8-7-9-11-22)23-14-13-21(34-3)17-25(23)35-4/h7-18H,5-6,19H2,1-4H3,(H,29,31)/b28-18-. The number of ether oxygens (including phenoxy) is 4. The Hall–Kier alpha value is -4.25. The predicted octanol–water partition coefficient (Wildman–Crippen LogP) is 3.85. The van der Waals surface area contributed by atoms with Crippen LogP contribution in [0.5, 0.6) is 23.0 Å². The van der Waals surface area contributed by atoms with Crippen molar-refractivity contribution in [3.05, 3.63) is 72.3 Å². The molecule has 202 valence electrons. The van der Waals surface area contributed by atoms with Crippen molar-refractivity contribution in [3.8, 4) is 23.0 Å². The highest BCUT2D eigenvalue weighted by atomic mass is 32.2. The molecule has 0 saturated heterocycles. The number of rotatable bonds is 13. The van der Waals surface area contributed by atoms with E-state index in [0.29, 0.717) is 36.0 Å². The predicted molar refractivity (Wildman–Crippen MR) is 145 cm³/mol. The molecule has 0 unspecified atom stereocenters. The number of anilines is 1. The second-order valence-electron chi connectivity index (χ2n) is 7.73. The lowest BCUT2D eigenvalue weighted by atomic mass is 10.2. The van der Waals surface area contributed by atoms with E-state index in [1.54, 1.807) is 48.5 Å². The van der Waals surface area contributed by atoms with Gasteiger partial charge in [0.2, 0.25) is 0 Å². The van der Waals surface area contributed by atoms with Gasteiger partial charge >= 0.3 is 0 Å². The third-order valence-corrected chi connectivity index (χ3v) is 7.02. The van der Waals surface area contributed by atoms with Crippen molar-refractivity contribution in [1.29, 1.82) is 0 Å². The van der Waals surface area contributed by atoms with E-state index in [4.69, 9.17) is 18.9 Å². The van der Waals surface area contributed by atoms with Crippen LogP contribution in [0.25, 0.3) is 0 Å². The molecule has 0 saturated carbocycles. The topological polar surface area (TPSA) is 116 Å². The van der Waals surface area contributed by atoms with Gasteiger partial charge in [-0.25, -0.2) is 13.8 Å². The summed E-state index contributed by atoms with van der Waals surface area (Å²) < 4.78 is 49.9. The maximum Gasteiger partial charge on any atom is 0.264 e. The number of carbonyl (C=O) groups excluding carboxylic acids is 1. The van der Waals surface area contributed by atoms with Gasteiger partial charge in [-0.2, -0.15) is 5.10 Å². The van der Waals surface area contributed by atoms with Gasteiger partial charge in [-0.15, -0.1) is 0 Å². The smallest absolute Gasteiger partial charge is 0.264 e. The summed E-state index contributed by atoms with van der Waals surface area (Å²) in [7, 11) is -1.24. The number of nitrogens with one attached hydrogen (secondary N) is 1. The Morgan fingerprint density at radius 1 is 0.895 bits per heavy atom. The van der Waals surface area contributed by atoms with Gasteiger partial charge in [0.1, 0.15) is 18.0 Å². The fraction of sp³-hybridized carbons (Fsp3) is 0.259. The number of hydrogen-bond donors (Lipinski definition) is 1. The van der Waals surface area contributed by atoms with Gasteiger partial charge in [0, 0.05) is 6.07 Å². The number of benzene rings is 3. The van der Waals surface area contributed by atoms with Crippen molar-refractivity contribution in [2.75, 3.05) is 38.3 Å². The zero-order valence-corrected chi connectivity index (χ0v) is 22.5. The Morgan fingerprint density at radius 2 is 1.61 bits per heavy atom. The minimum absolute atomic E-state index is 0.0204. The summed E-state index contributed by atoms with van der Waals surface area (Å²) in [5.41, 5.74) is 3.22. The normalized spacial score (nSPS) is 11.2. The van der Waals surface area contributed by atoms with Crippen LogP contribution in [0.15, 0.2) is 76.7 Å². The van der Waals surface area contributed by atoms with E-state index in [0.717, 1.165) is 4.31 Å². The van der Waals surface area contributed by atoms with E-state index >= 15 is 0 Å². The molecule has 0 spiro atoms. The second kappa shape index (κ2) is 13.3. The van der Waals surface area contributed by atoms with Gasteiger partial charge in [-0.05, 0) is 61.9 Å². The van der Waals surface area contributed by atoms with Crippen LogP contribution in [0.4, 0.5) is 5.69 Å². The van der Waals surface area contributed by atoms with E-state index < -0.39 is 22.5 Å². The zero-order valence-electron chi connectivity index (χ0n) is 21.7. The van der Waals surface area contributed by atoms with Crippen LogP contribution in [0.1, 0.15) is 19.4 Å². The highest BCUT2D eigenvalue weighted by molar-refractivity contribution is 7.92. The lowest BCUT2D eigenvalue weighted by Crippen LogP contribution is -2.39. The molecule has 38 heavy (non-hydrogen) atoms. The molecule has 10 nitrogen and oxygen atoms in total. The minimum Gasteiger partial charge on any atom is -0.497 e. The van der Waals surface area contributed by atoms with E-state index in [9.17, 15) is 13.2 Å². The fourth-order valence-corrected chi connectivity index (χ4v) is 4.96. The summed E-state index contributed by atoms with van der Waals surface area (Å²) in [6.07, 6.45) is 1.43. The molecule has 0 aromatic heterocycles. The number of hydrogen-bond acceptors (Lipinski definition) is 8. The molecule has 11 heteroatoms. The number of sulfonamides is 1. The third-order valence-electron chi connectivity index (χ3n) is 5.24. The summed E-state index contributed by atoms with van der Waals surface area (Å²) in [6, 6.07) is 17.7. The molecule has 1 N–H and O–H groups in total. The van der Waals surface area contributed by atoms with Crippen LogP contribution >= 0.6 is 0 Å². The van der Waals surface area contributed by atoms with Crippen LogP contribution in [-0.4, -0.2) is 54.5 Å². The Bertz CT molecular complexity index is 1360. The third kappa shape index (κ3) is 6.94. The maximum absolute atomic E-state index is 13.6. The lowest BCUT2D eigenvalue weighted by Gasteiger charge is -2.25. The van der Waals surface area contributed by atoms with Crippen molar-refractivity contribution in [1.82, 2.24) is 5.43 Å². The Labute approximate surface area is 222 Å². The van der Waals surface area contributed by atoms with Crippen LogP contribution in [-0.2, 0) is 14.8 Å². The van der Waals surface area contributed by atoms with Crippen LogP contribution in [0.3, 0.4) is 0 Å². The molecular formula is C27H31N3O7S. The molecule has 0 heterocycles. The molecule has 0 bridgehead atoms. The van der Waals surface area contributed by atoms with Gasteiger partial charge in [-0.3, -0.25) is 9.10 Å². The zero-order chi connectivity index (χ0) is 27.5. The van der Waals surface area contributed by atoms with Gasteiger partial charge in [-0.1, -0.05) is 18.2 Å². The second-order valence-corrected chi connectivity index (χ2v) is 9.59. The monoisotopic (exact) mass is 541 g/mol. The summed E-state index contributed by atoms with van der Waals surface area (Å²) in [6.45, 7) is 4.14. The summed E-state index contributed by atoms with van der Waals surface area (Å²) in [5.74, 6) is 1.19. The molecule has 0 fully saturated rings. The number of methoxy groups -OCH3 is 2. The van der Waals surface area contributed by atoms with Crippen molar-refractivity contribution in [2.24, 2.45) is 5.10 Å². The van der Waals surface area contributed by atoms with E-state index in [1.807, 2.05) is 13.8 Å². The molecule has 0 radical (unpaired) electrons. The van der Waals surface area contributed by atoms with Gasteiger partial charge in [0.15, 0.2) is 11.5 Å². The molecule has 3 aromatic rings. The van der Waals surface area contributed by atoms with Crippen LogP contribution < -0.4 is 28.7 Å². The van der Waals surface area contributed by atoms with Gasteiger partial charge < -0.3 is 18.9 Å². The summed E-state index contributed by atoms with van der Waals surface area (Å²) >= 11 is 0. The highest BCUT2D eigenvalue weighted by Crippen LogP contribution is 2.35. The van der Waals surface area contributed by atoms with Gasteiger partial charge in [0.05, 0.1) is 44.2 Å². The van der Waals surface area contributed by atoms with Crippen LogP contribution in [0.2, 0.25) is 0 Å². The van der Waals surface area contributed by atoms with E-state index in [-0.39, 0.29) is 16.3 Å². The number of carbonyl (C=O) groups is 1. The van der Waals surface area contributed by atoms with Gasteiger partial charge in [0.25, 0.3) is 15.9 Å². The number of nitrogens with zero attached hydrogens (tertiary/aromatic N) is 2. The quantitative estimate of drug-likeness (QED) is 0.258. The lowest BCUT2D eigenvalue weighted by molar-refractivity contribution is -0.119. The highest BCUT2D eigenvalue weighted by Gasteiger charge is 2.29. The Kier molecular flexibility index (Phi) is 9.94. The molecule has 0 aliphatic rings. The first-order chi connectivity index (χ1) is 18.3. The van der Waals surface area contributed by atoms with Crippen molar-refractivity contribution in [2.45, 2.75) is 18.7 Å². The molecule has 1 amide bonds. The number of hydrazone groups is 1. The largest absolute Gasteiger partial charge is 0.497 e. The molecule has 3 rings (SSSR count). The minimum atomic E-state index is -4.13. The van der Waals surface area contributed by atoms with Crippen molar-refractivity contribution < 1.29 is 32.2 Å². The Morgan fingerprint density at radius 3 is 2.26 bits per heavy atom. The average Bonchev–Trinajstić information content (AvgIpc) is 2.93. The Balaban J connectivity index is 1.86. The molecule has 0 aliphatic carbocycles. The van der Waals surface area contributed by atoms with Crippen LogP contribution in [0, 0.1) is 0 Å². The molecular weight excluding hydrogens is 510 g/mol. The molecule has 0 aliphatic heterocycles. The van der Waals surface area contributed by atoms with E-state index in [1.165, 1.54) is 38.6 Å². The first kappa shape index (κ1) is 28.3. The average molecular weight is 542 g/mol. The first-order valence-electron chi connectivity index (χ1n) is 11.8. The number of amides is 1.